The van der Waals surface area contributed by atoms with Gasteiger partial charge in [0.15, 0.2) is 0 Å². The van der Waals surface area contributed by atoms with Crippen LogP contribution in [0.1, 0.15) is 56.9 Å². The molecular weight excluding hydrogens is 326 g/mol. The minimum atomic E-state index is -0.969. The molecule has 0 radical (unpaired) electrons. The van der Waals surface area contributed by atoms with Gasteiger partial charge >= 0.3 is 6.09 Å². The summed E-state index contributed by atoms with van der Waals surface area (Å²) in [6, 6.07) is 8.05. The van der Waals surface area contributed by atoms with E-state index in [0.29, 0.717) is 18.4 Å². The minimum Gasteiger partial charge on any atom is -0.494 e. The van der Waals surface area contributed by atoms with Crippen LogP contribution in [-0.2, 0) is 6.42 Å². The molecule has 0 aliphatic heterocycles. The van der Waals surface area contributed by atoms with Crippen molar-refractivity contribution in [3.8, 4) is 5.75 Å². The average Bonchev–Trinajstić information content (AvgIpc) is 2.58. The summed E-state index contributed by atoms with van der Waals surface area (Å²) < 4.78 is 5.96. The largest absolute Gasteiger partial charge is 0.494 e. The number of amides is 1. The van der Waals surface area contributed by atoms with E-state index in [9.17, 15) is 4.79 Å². The van der Waals surface area contributed by atoms with Crippen LogP contribution >= 0.6 is 0 Å². The molecule has 4 saturated carbocycles. The molecule has 1 aromatic carbocycles. The molecule has 0 atom stereocenters. The van der Waals surface area contributed by atoms with E-state index in [0.717, 1.165) is 42.1 Å². The van der Waals surface area contributed by atoms with Crippen LogP contribution in [0.25, 0.3) is 0 Å². The van der Waals surface area contributed by atoms with Crippen molar-refractivity contribution in [2.24, 2.45) is 23.2 Å². The van der Waals surface area contributed by atoms with E-state index in [1.165, 1.54) is 44.9 Å². The Morgan fingerprint density at radius 3 is 2.27 bits per heavy atom. The first-order valence-electron chi connectivity index (χ1n) is 10.3. The molecular formula is C22H31NO3. The summed E-state index contributed by atoms with van der Waals surface area (Å²) in [5.74, 6) is 4.02. The molecule has 0 saturated heterocycles. The molecule has 4 fully saturated rings. The fourth-order valence-corrected chi connectivity index (χ4v) is 6.30. The maximum Gasteiger partial charge on any atom is 0.404 e. The molecule has 0 spiro atoms. The second-order valence-electron chi connectivity index (χ2n) is 9.00. The van der Waals surface area contributed by atoms with Crippen LogP contribution in [0.4, 0.5) is 4.79 Å². The quantitative estimate of drug-likeness (QED) is 0.652. The Kier molecular flexibility index (Phi) is 5.10. The number of hydrogen-bond acceptors (Lipinski definition) is 2. The van der Waals surface area contributed by atoms with Crippen LogP contribution in [0.15, 0.2) is 24.3 Å². The molecule has 0 aromatic heterocycles. The molecule has 0 heterocycles. The highest BCUT2D eigenvalue weighted by atomic mass is 16.5. The molecule has 1 aromatic rings. The first-order valence-corrected chi connectivity index (χ1v) is 10.3. The van der Waals surface area contributed by atoms with Crippen molar-refractivity contribution in [2.75, 3.05) is 13.2 Å². The molecule has 4 aliphatic rings. The zero-order valence-electron chi connectivity index (χ0n) is 15.6. The van der Waals surface area contributed by atoms with Crippen LogP contribution in [0, 0.1) is 23.2 Å². The fourth-order valence-electron chi connectivity index (χ4n) is 6.30. The summed E-state index contributed by atoms with van der Waals surface area (Å²) in [5.41, 5.74) is 1.78. The summed E-state index contributed by atoms with van der Waals surface area (Å²) in [7, 11) is 0. The Labute approximate surface area is 156 Å². The summed E-state index contributed by atoms with van der Waals surface area (Å²) in [4.78, 5) is 10.5. The van der Waals surface area contributed by atoms with Crippen molar-refractivity contribution in [3.05, 3.63) is 29.8 Å². The predicted molar refractivity (Wildman–Crippen MR) is 102 cm³/mol. The SMILES string of the molecule is O=C(O)NCCc1ccc(OCCCC23CC4CC(CC(C4)C2)C3)cc1. The van der Waals surface area contributed by atoms with Crippen LogP contribution < -0.4 is 10.1 Å². The third-order valence-electron chi connectivity index (χ3n) is 6.90. The molecule has 4 nitrogen and oxygen atoms in total. The van der Waals surface area contributed by atoms with Gasteiger partial charge in [0.25, 0.3) is 0 Å². The molecule has 0 unspecified atom stereocenters. The monoisotopic (exact) mass is 357 g/mol. The van der Waals surface area contributed by atoms with Gasteiger partial charge in [-0.1, -0.05) is 12.1 Å². The topological polar surface area (TPSA) is 58.6 Å². The van der Waals surface area contributed by atoms with Gasteiger partial charge in [-0.25, -0.2) is 4.79 Å². The van der Waals surface area contributed by atoms with E-state index in [4.69, 9.17) is 9.84 Å². The van der Waals surface area contributed by atoms with E-state index in [1.807, 2.05) is 24.3 Å². The van der Waals surface area contributed by atoms with Crippen molar-refractivity contribution in [1.82, 2.24) is 5.32 Å². The van der Waals surface area contributed by atoms with Crippen molar-refractivity contribution >= 4 is 6.09 Å². The number of rotatable bonds is 8. The zero-order valence-corrected chi connectivity index (χ0v) is 15.6. The highest BCUT2D eigenvalue weighted by molar-refractivity contribution is 5.64. The van der Waals surface area contributed by atoms with Gasteiger partial charge in [0.1, 0.15) is 5.75 Å². The molecule has 26 heavy (non-hydrogen) atoms. The number of benzene rings is 1. The second kappa shape index (κ2) is 7.50. The Morgan fingerprint density at radius 2 is 1.69 bits per heavy atom. The van der Waals surface area contributed by atoms with E-state index < -0.39 is 6.09 Å². The lowest BCUT2D eigenvalue weighted by atomic mass is 9.48. The average molecular weight is 357 g/mol. The summed E-state index contributed by atoms with van der Waals surface area (Å²) in [5, 5.41) is 11.0. The number of nitrogens with one attached hydrogen (secondary N) is 1. The van der Waals surface area contributed by atoms with E-state index in [-0.39, 0.29) is 0 Å². The van der Waals surface area contributed by atoms with Gasteiger partial charge in [-0.2, -0.15) is 0 Å². The van der Waals surface area contributed by atoms with Crippen molar-refractivity contribution in [2.45, 2.75) is 57.8 Å². The fraction of sp³-hybridized carbons (Fsp3) is 0.682. The third-order valence-corrected chi connectivity index (χ3v) is 6.90. The third kappa shape index (κ3) is 4.16. The Bertz CT molecular complexity index is 589. The molecule has 4 heteroatoms. The highest BCUT2D eigenvalue weighted by Crippen LogP contribution is 2.61. The normalized spacial score (nSPS) is 31.8. The van der Waals surface area contributed by atoms with Gasteiger partial charge in [0, 0.05) is 6.54 Å². The first kappa shape index (κ1) is 17.7. The molecule has 5 rings (SSSR count). The van der Waals surface area contributed by atoms with Crippen LogP contribution in [0.5, 0.6) is 5.75 Å². The van der Waals surface area contributed by atoms with E-state index in [2.05, 4.69) is 5.32 Å². The Morgan fingerprint density at radius 1 is 1.08 bits per heavy atom. The van der Waals surface area contributed by atoms with Crippen molar-refractivity contribution < 1.29 is 14.6 Å². The molecule has 4 aliphatic carbocycles. The lowest BCUT2D eigenvalue weighted by Crippen LogP contribution is -2.46. The van der Waals surface area contributed by atoms with Crippen molar-refractivity contribution in [3.63, 3.8) is 0 Å². The lowest BCUT2D eigenvalue weighted by molar-refractivity contribution is -0.0593. The maximum absolute atomic E-state index is 10.5. The summed E-state index contributed by atoms with van der Waals surface area (Å²) in [6.45, 7) is 1.25. The van der Waals surface area contributed by atoms with Gasteiger partial charge in [-0.3, -0.25) is 0 Å². The maximum atomic E-state index is 10.5. The van der Waals surface area contributed by atoms with Gasteiger partial charge in [0.2, 0.25) is 0 Å². The summed E-state index contributed by atoms with van der Waals surface area (Å²) in [6.07, 6.45) is 11.3. The molecule has 4 bridgehead atoms. The standard InChI is InChI=1S/C22H31NO3/c24-21(25)23-8-6-16-2-4-20(5-3-16)26-9-1-7-22-13-17-10-18(14-22)12-19(11-17)15-22/h2-5,17-19,23H,1,6-15H2,(H,24,25). The molecule has 142 valence electrons. The van der Waals surface area contributed by atoms with Crippen LogP contribution in [0.3, 0.4) is 0 Å². The number of hydrogen-bond donors (Lipinski definition) is 2. The number of ether oxygens (including phenoxy) is 1. The Balaban J connectivity index is 1.19. The van der Waals surface area contributed by atoms with Gasteiger partial charge in [-0.15, -0.1) is 0 Å². The molecule has 1 amide bonds. The zero-order chi connectivity index (χ0) is 18.0. The van der Waals surface area contributed by atoms with Crippen molar-refractivity contribution in [1.29, 1.82) is 0 Å². The molecule has 2 N–H and O–H groups in total. The van der Waals surface area contributed by atoms with Crippen LogP contribution in [-0.4, -0.2) is 24.4 Å². The lowest BCUT2D eigenvalue weighted by Gasteiger charge is -2.57. The predicted octanol–water partition coefficient (Wildman–Crippen LogP) is 4.87. The highest BCUT2D eigenvalue weighted by Gasteiger charge is 2.50. The van der Waals surface area contributed by atoms with Gasteiger partial charge in [0.05, 0.1) is 6.61 Å². The second-order valence-corrected chi connectivity index (χ2v) is 9.00. The van der Waals surface area contributed by atoms with Crippen LogP contribution in [0.2, 0.25) is 0 Å². The Hall–Kier alpha value is -1.71. The smallest absolute Gasteiger partial charge is 0.404 e. The van der Waals surface area contributed by atoms with E-state index >= 15 is 0 Å². The number of carboxylic acid groups (broad SMARTS) is 1. The first-order chi connectivity index (χ1) is 12.6. The van der Waals surface area contributed by atoms with Gasteiger partial charge < -0.3 is 15.2 Å². The van der Waals surface area contributed by atoms with Gasteiger partial charge in [-0.05, 0) is 98.7 Å². The van der Waals surface area contributed by atoms with E-state index in [1.54, 1.807) is 0 Å². The summed E-state index contributed by atoms with van der Waals surface area (Å²) >= 11 is 0. The minimum absolute atomic E-state index is 0.445. The number of carbonyl (C=O) groups is 1.